The van der Waals surface area contributed by atoms with E-state index in [9.17, 15) is 4.79 Å². The molecule has 0 fully saturated rings. The number of nitrogens with two attached hydrogens (primary N) is 1. The molecule has 0 radical (unpaired) electrons. The van der Waals surface area contributed by atoms with E-state index in [1.165, 1.54) is 4.57 Å². The first-order chi connectivity index (χ1) is 9.15. The van der Waals surface area contributed by atoms with E-state index in [4.69, 9.17) is 15.6 Å². The highest BCUT2D eigenvalue weighted by molar-refractivity contribution is 5.24. The van der Waals surface area contributed by atoms with Gasteiger partial charge < -0.3 is 15.6 Å². The fourth-order valence-corrected chi connectivity index (χ4v) is 2.01. The Balaban J connectivity index is 2.23. The van der Waals surface area contributed by atoms with Gasteiger partial charge in [-0.3, -0.25) is 4.57 Å². The van der Waals surface area contributed by atoms with Gasteiger partial charge in [0.1, 0.15) is 11.4 Å². The van der Waals surface area contributed by atoms with E-state index in [0.717, 1.165) is 0 Å². The number of ether oxygens (including phenoxy) is 1. The monoisotopic (exact) mass is 263 g/mol. The normalized spacial score (nSPS) is 21.7. The van der Waals surface area contributed by atoms with Crippen LogP contribution in [0.1, 0.15) is 6.42 Å². The molecular weight excluding hydrogens is 246 g/mol. The van der Waals surface area contributed by atoms with Crippen molar-refractivity contribution in [3.05, 3.63) is 47.1 Å². The molecule has 1 aliphatic rings. The van der Waals surface area contributed by atoms with Crippen LogP contribution in [-0.4, -0.2) is 33.5 Å². The Hall–Kier alpha value is -1.92. The molecule has 0 saturated heterocycles. The van der Waals surface area contributed by atoms with E-state index >= 15 is 0 Å². The first kappa shape index (κ1) is 13.5. The van der Waals surface area contributed by atoms with Gasteiger partial charge in [-0.05, 0) is 6.07 Å². The van der Waals surface area contributed by atoms with Crippen LogP contribution in [-0.2, 0) is 11.3 Å². The van der Waals surface area contributed by atoms with Gasteiger partial charge in [-0.2, -0.15) is 4.98 Å². The lowest BCUT2D eigenvalue weighted by atomic mass is 9.95. The zero-order valence-electron chi connectivity index (χ0n) is 10.5. The van der Waals surface area contributed by atoms with E-state index in [1.54, 1.807) is 12.3 Å². The minimum absolute atomic E-state index is 0.0613. The highest BCUT2D eigenvalue weighted by Crippen LogP contribution is 2.24. The van der Waals surface area contributed by atoms with Gasteiger partial charge in [0.15, 0.2) is 0 Å². The van der Waals surface area contributed by atoms with E-state index in [1.807, 2.05) is 24.3 Å². The van der Waals surface area contributed by atoms with Crippen LogP contribution >= 0.6 is 0 Å². The molecule has 2 rings (SSSR count). The van der Waals surface area contributed by atoms with Crippen LogP contribution in [0.15, 0.2) is 41.4 Å². The topological polar surface area (TPSA) is 90.4 Å². The first-order valence-electron chi connectivity index (χ1n) is 6.07. The molecule has 1 heterocycles. The number of nitrogens with zero attached hydrogens (tertiary/aromatic N) is 2. The number of hydrogen-bond acceptors (Lipinski definition) is 5. The van der Waals surface area contributed by atoms with Gasteiger partial charge in [0.05, 0.1) is 19.8 Å². The molecule has 0 aliphatic heterocycles. The van der Waals surface area contributed by atoms with Crippen LogP contribution in [0, 0.1) is 0 Å². The SMILES string of the molecule is Nc1ccn(CC2(OCCO)C=CC=CC2)c(=O)n1. The third-order valence-corrected chi connectivity index (χ3v) is 2.93. The summed E-state index contributed by atoms with van der Waals surface area (Å²) in [6, 6.07) is 1.57. The molecule has 1 aromatic heterocycles. The van der Waals surface area contributed by atoms with Crippen LogP contribution in [0.2, 0.25) is 0 Å². The zero-order valence-corrected chi connectivity index (χ0v) is 10.5. The van der Waals surface area contributed by atoms with Crippen molar-refractivity contribution in [1.82, 2.24) is 9.55 Å². The quantitative estimate of drug-likeness (QED) is 0.785. The second kappa shape index (κ2) is 5.81. The summed E-state index contributed by atoms with van der Waals surface area (Å²) in [5.41, 5.74) is 4.43. The van der Waals surface area contributed by atoms with E-state index < -0.39 is 11.3 Å². The molecule has 1 aliphatic carbocycles. The summed E-state index contributed by atoms with van der Waals surface area (Å²) < 4.78 is 7.16. The lowest BCUT2D eigenvalue weighted by molar-refractivity contribution is -0.0348. The maximum atomic E-state index is 11.8. The first-order valence-corrected chi connectivity index (χ1v) is 6.07. The summed E-state index contributed by atoms with van der Waals surface area (Å²) >= 11 is 0. The molecule has 0 bridgehead atoms. The van der Waals surface area contributed by atoms with Crippen LogP contribution in [0.5, 0.6) is 0 Å². The summed E-state index contributed by atoms with van der Waals surface area (Å²) in [7, 11) is 0. The summed E-state index contributed by atoms with van der Waals surface area (Å²) in [5, 5.41) is 8.90. The van der Waals surface area contributed by atoms with Crippen molar-refractivity contribution in [3.63, 3.8) is 0 Å². The third-order valence-electron chi connectivity index (χ3n) is 2.93. The molecule has 0 aromatic carbocycles. The summed E-state index contributed by atoms with van der Waals surface area (Å²) in [4.78, 5) is 15.4. The summed E-state index contributed by atoms with van der Waals surface area (Å²) in [6.45, 7) is 0.490. The van der Waals surface area contributed by atoms with Crippen molar-refractivity contribution in [2.45, 2.75) is 18.6 Å². The molecule has 6 heteroatoms. The molecule has 0 saturated carbocycles. The highest BCUT2D eigenvalue weighted by atomic mass is 16.5. The summed E-state index contributed by atoms with van der Waals surface area (Å²) in [5.74, 6) is 0.200. The molecule has 102 valence electrons. The molecular formula is C13H17N3O3. The number of rotatable bonds is 5. The Labute approximate surface area is 110 Å². The van der Waals surface area contributed by atoms with Gasteiger partial charge in [0, 0.05) is 12.6 Å². The van der Waals surface area contributed by atoms with E-state index in [2.05, 4.69) is 4.98 Å². The Morgan fingerprint density at radius 2 is 2.37 bits per heavy atom. The minimum Gasteiger partial charge on any atom is -0.394 e. The van der Waals surface area contributed by atoms with Gasteiger partial charge in [0.25, 0.3) is 0 Å². The second-order valence-corrected chi connectivity index (χ2v) is 4.39. The maximum Gasteiger partial charge on any atom is 0.349 e. The smallest absolute Gasteiger partial charge is 0.349 e. The Bertz CT molecular complexity index is 550. The van der Waals surface area contributed by atoms with E-state index in [-0.39, 0.29) is 19.0 Å². The predicted octanol–water partition coefficient (Wildman–Crippen LogP) is 0.0893. The van der Waals surface area contributed by atoms with Crippen molar-refractivity contribution >= 4 is 5.82 Å². The molecule has 1 unspecified atom stereocenters. The fourth-order valence-electron chi connectivity index (χ4n) is 2.01. The number of aliphatic hydroxyl groups is 1. The standard InChI is InChI=1S/C13H17N3O3/c14-11-4-7-16(12(18)15-11)10-13(19-9-8-17)5-2-1-3-6-13/h1-5,7,17H,6,8-10H2,(H2,14,15,18). The summed E-state index contributed by atoms with van der Waals surface area (Å²) in [6.07, 6.45) is 9.89. The number of allylic oxidation sites excluding steroid dienone is 2. The number of aromatic nitrogens is 2. The van der Waals surface area contributed by atoms with Crippen LogP contribution in [0.3, 0.4) is 0 Å². The molecule has 19 heavy (non-hydrogen) atoms. The van der Waals surface area contributed by atoms with Gasteiger partial charge in [-0.15, -0.1) is 0 Å². The Morgan fingerprint density at radius 1 is 1.53 bits per heavy atom. The van der Waals surface area contributed by atoms with Crippen molar-refractivity contribution < 1.29 is 9.84 Å². The fraction of sp³-hybridized carbons (Fsp3) is 0.385. The lowest BCUT2D eigenvalue weighted by Gasteiger charge is -2.31. The van der Waals surface area contributed by atoms with Gasteiger partial charge in [-0.25, -0.2) is 4.79 Å². The van der Waals surface area contributed by atoms with E-state index in [0.29, 0.717) is 13.0 Å². The largest absolute Gasteiger partial charge is 0.394 e. The lowest BCUT2D eigenvalue weighted by Crippen LogP contribution is -2.40. The van der Waals surface area contributed by atoms with Crippen molar-refractivity contribution in [2.24, 2.45) is 0 Å². The van der Waals surface area contributed by atoms with Gasteiger partial charge in [-0.1, -0.05) is 24.3 Å². The van der Waals surface area contributed by atoms with Crippen LogP contribution < -0.4 is 11.4 Å². The average Bonchev–Trinajstić information content (AvgIpc) is 2.41. The molecule has 0 spiro atoms. The van der Waals surface area contributed by atoms with Crippen LogP contribution in [0.25, 0.3) is 0 Å². The average molecular weight is 263 g/mol. The molecule has 1 aromatic rings. The number of anilines is 1. The number of nitrogen functional groups attached to an aromatic ring is 1. The van der Waals surface area contributed by atoms with Gasteiger partial charge in [0.2, 0.25) is 0 Å². The second-order valence-electron chi connectivity index (χ2n) is 4.39. The maximum absolute atomic E-state index is 11.8. The zero-order chi connectivity index (χ0) is 13.7. The Morgan fingerprint density at radius 3 is 3.00 bits per heavy atom. The Kier molecular flexibility index (Phi) is 4.13. The van der Waals surface area contributed by atoms with Crippen molar-refractivity contribution in [2.75, 3.05) is 18.9 Å². The predicted molar refractivity (Wildman–Crippen MR) is 71.6 cm³/mol. The molecule has 3 N–H and O–H groups in total. The van der Waals surface area contributed by atoms with Crippen molar-refractivity contribution in [1.29, 1.82) is 0 Å². The molecule has 0 amide bonds. The van der Waals surface area contributed by atoms with Crippen LogP contribution in [0.4, 0.5) is 5.82 Å². The third kappa shape index (κ3) is 3.30. The number of aliphatic hydroxyl groups excluding tert-OH is 1. The van der Waals surface area contributed by atoms with Crippen molar-refractivity contribution in [3.8, 4) is 0 Å². The minimum atomic E-state index is -0.626. The molecule has 6 nitrogen and oxygen atoms in total. The van der Waals surface area contributed by atoms with Gasteiger partial charge >= 0.3 is 5.69 Å². The number of hydrogen-bond donors (Lipinski definition) is 2. The highest BCUT2D eigenvalue weighted by Gasteiger charge is 2.29. The molecule has 1 atom stereocenters.